The number of benzene rings is 1. The van der Waals surface area contributed by atoms with Crippen LogP contribution in [0.5, 0.6) is 0 Å². The standard InChI is InChI=1S/C17H23IO/c1-2-3-4-8-11-16-17(18)15(13-19-16)12-14-9-6-5-7-10-14/h5-7,9-10,16H,2-4,8,11-13H2,1H3. The summed E-state index contributed by atoms with van der Waals surface area (Å²) in [5, 5.41) is 0. The van der Waals surface area contributed by atoms with E-state index in [1.54, 1.807) is 0 Å². The molecule has 1 atom stereocenters. The molecule has 1 aromatic carbocycles. The molecule has 104 valence electrons. The normalized spacial score (nSPS) is 19.2. The lowest BCUT2D eigenvalue weighted by Crippen LogP contribution is -2.06. The highest BCUT2D eigenvalue weighted by molar-refractivity contribution is 14.1. The zero-order chi connectivity index (χ0) is 13.5. The molecule has 1 heterocycles. The third-order valence-electron chi connectivity index (χ3n) is 3.66. The van der Waals surface area contributed by atoms with E-state index in [1.165, 1.54) is 46.8 Å². The number of hydrogen-bond acceptors (Lipinski definition) is 1. The molecular weight excluding hydrogens is 347 g/mol. The van der Waals surface area contributed by atoms with Gasteiger partial charge in [0.1, 0.15) is 0 Å². The Kier molecular flexibility index (Phi) is 6.38. The molecule has 1 aliphatic heterocycles. The van der Waals surface area contributed by atoms with E-state index < -0.39 is 0 Å². The molecule has 0 radical (unpaired) electrons. The number of rotatable bonds is 7. The molecule has 0 aromatic heterocycles. The Hall–Kier alpha value is -0.350. The summed E-state index contributed by atoms with van der Waals surface area (Å²) >= 11 is 2.50. The molecule has 0 fully saturated rings. The SMILES string of the molecule is CCCCCCC1OCC(Cc2ccccc2)=C1I. The number of unbranched alkanes of at least 4 members (excludes halogenated alkanes) is 3. The fraction of sp³-hybridized carbons (Fsp3) is 0.529. The Morgan fingerprint density at radius 1 is 1.16 bits per heavy atom. The van der Waals surface area contributed by atoms with Gasteiger partial charge in [0, 0.05) is 3.58 Å². The smallest absolute Gasteiger partial charge is 0.0886 e. The summed E-state index contributed by atoms with van der Waals surface area (Å²) in [6.45, 7) is 3.08. The molecule has 1 aliphatic rings. The summed E-state index contributed by atoms with van der Waals surface area (Å²) in [4.78, 5) is 0. The molecule has 1 unspecified atom stereocenters. The molecule has 0 N–H and O–H groups in total. The predicted molar refractivity (Wildman–Crippen MR) is 89.7 cm³/mol. The Bertz CT molecular complexity index is 411. The zero-order valence-electron chi connectivity index (χ0n) is 11.7. The van der Waals surface area contributed by atoms with Crippen molar-refractivity contribution in [3.05, 3.63) is 45.0 Å². The van der Waals surface area contributed by atoms with Gasteiger partial charge in [0.05, 0.1) is 12.7 Å². The second-order valence-corrected chi connectivity index (χ2v) is 6.43. The molecule has 19 heavy (non-hydrogen) atoms. The van der Waals surface area contributed by atoms with E-state index in [-0.39, 0.29) is 0 Å². The average molecular weight is 370 g/mol. The van der Waals surface area contributed by atoms with Gasteiger partial charge in [0.15, 0.2) is 0 Å². The summed E-state index contributed by atoms with van der Waals surface area (Å²) in [5.41, 5.74) is 2.87. The summed E-state index contributed by atoms with van der Waals surface area (Å²) in [7, 11) is 0. The summed E-state index contributed by atoms with van der Waals surface area (Å²) in [6.07, 6.45) is 7.90. The summed E-state index contributed by atoms with van der Waals surface area (Å²) in [5.74, 6) is 0. The molecule has 2 rings (SSSR count). The van der Waals surface area contributed by atoms with Gasteiger partial charge in [-0.15, -0.1) is 0 Å². The molecule has 0 saturated heterocycles. The molecule has 1 nitrogen and oxygen atoms in total. The van der Waals surface area contributed by atoms with Gasteiger partial charge in [-0.05, 0) is 46.6 Å². The fourth-order valence-corrected chi connectivity index (χ4v) is 3.35. The van der Waals surface area contributed by atoms with E-state index in [1.807, 2.05) is 0 Å². The summed E-state index contributed by atoms with van der Waals surface area (Å²) < 4.78 is 7.41. The van der Waals surface area contributed by atoms with Crippen LogP contribution in [0.1, 0.15) is 44.6 Å². The molecule has 2 heteroatoms. The van der Waals surface area contributed by atoms with Gasteiger partial charge in [-0.3, -0.25) is 0 Å². The van der Waals surface area contributed by atoms with Crippen molar-refractivity contribution < 1.29 is 4.74 Å². The van der Waals surface area contributed by atoms with Gasteiger partial charge in [-0.1, -0.05) is 62.9 Å². The van der Waals surface area contributed by atoms with Crippen molar-refractivity contribution in [1.29, 1.82) is 0 Å². The Morgan fingerprint density at radius 3 is 2.68 bits per heavy atom. The highest BCUT2D eigenvalue weighted by atomic mass is 127. The predicted octanol–water partition coefficient (Wildman–Crippen LogP) is 5.29. The van der Waals surface area contributed by atoms with E-state index in [2.05, 4.69) is 59.8 Å². The molecule has 1 aromatic rings. The number of hydrogen-bond donors (Lipinski definition) is 0. The number of ether oxygens (including phenoxy) is 1. The first kappa shape index (κ1) is 15.0. The lowest BCUT2D eigenvalue weighted by molar-refractivity contribution is 0.115. The van der Waals surface area contributed by atoms with Crippen molar-refractivity contribution in [3.8, 4) is 0 Å². The summed E-state index contributed by atoms with van der Waals surface area (Å²) in [6, 6.07) is 10.7. The van der Waals surface area contributed by atoms with Crippen molar-refractivity contribution in [2.75, 3.05) is 6.61 Å². The van der Waals surface area contributed by atoms with Crippen molar-refractivity contribution >= 4 is 22.6 Å². The first-order valence-electron chi connectivity index (χ1n) is 7.34. The van der Waals surface area contributed by atoms with Crippen LogP contribution in [0.3, 0.4) is 0 Å². The van der Waals surface area contributed by atoms with Crippen molar-refractivity contribution in [1.82, 2.24) is 0 Å². The number of halogens is 1. The first-order valence-corrected chi connectivity index (χ1v) is 8.42. The Balaban J connectivity index is 1.86. The van der Waals surface area contributed by atoms with Crippen LogP contribution < -0.4 is 0 Å². The third-order valence-corrected chi connectivity index (χ3v) is 5.12. The van der Waals surface area contributed by atoms with Crippen LogP contribution in [-0.4, -0.2) is 12.7 Å². The lowest BCUT2D eigenvalue weighted by atomic mass is 10.0. The minimum atomic E-state index is 0.371. The Morgan fingerprint density at radius 2 is 1.95 bits per heavy atom. The molecule has 0 amide bonds. The van der Waals surface area contributed by atoms with Gasteiger partial charge in [-0.25, -0.2) is 0 Å². The van der Waals surface area contributed by atoms with Gasteiger partial charge < -0.3 is 4.74 Å². The van der Waals surface area contributed by atoms with Crippen LogP contribution in [0.2, 0.25) is 0 Å². The van der Waals surface area contributed by atoms with Crippen molar-refractivity contribution in [2.45, 2.75) is 51.6 Å². The maximum atomic E-state index is 5.95. The fourth-order valence-electron chi connectivity index (χ4n) is 2.52. The minimum absolute atomic E-state index is 0.371. The monoisotopic (exact) mass is 370 g/mol. The van der Waals surface area contributed by atoms with E-state index in [0.717, 1.165) is 13.0 Å². The zero-order valence-corrected chi connectivity index (χ0v) is 13.9. The van der Waals surface area contributed by atoms with Gasteiger partial charge in [-0.2, -0.15) is 0 Å². The van der Waals surface area contributed by atoms with Crippen LogP contribution >= 0.6 is 22.6 Å². The quantitative estimate of drug-likeness (QED) is 0.468. The van der Waals surface area contributed by atoms with Crippen LogP contribution in [-0.2, 0) is 11.2 Å². The minimum Gasteiger partial charge on any atom is -0.369 e. The topological polar surface area (TPSA) is 9.23 Å². The van der Waals surface area contributed by atoms with Crippen molar-refractivity contribution in [2.24, 2.45) is 0 Å². The Labute approximate surface area is 130 Å². The van der Waals surface area contributed by atoms with Gasteiger partial charge in [0.2, 0.25) is 0 Å². The van der Waals surface area contributed by atoms with Crippen molar-refractivity contribution in [3.63, 3.8) is 0 Å². The van der Waals surface area contributed by atoms with E-state index >= 15 is 0 Å². The van der Waals surface area contributed by atoms with E-state index in [0.29, 0.717) is 6.10 Å². The third kappa shape index (κ3) is 4.60. The van der Waals surface area contributed by atoms with Crippen LogP contribution in [0, 0.1) is 0 Å². The first-order chi connectivity index (χ1) is 9.31. The molecular formula is C17H23IO. The molecule has 0 saturated carbocycles. The van der Waals surface area contributed by atoms with Crippen LogP contribution in [0.25, 0.3) is 0 Å². The van der Waals surface area contributed by atoms with Gasteiger partial charge in [0.25, 0.3) is 0 Å². The average Bonchev–Trinajstić information content (AvgIpc) is 2.78. The largest absolute Gasteiger partial charge is 0.369 e. The molecule has 0 spiro atoms. The van der Waals surface area contributed by atoms with Crippen LogP contribution in [0.15, 0.2) is 39.5 Å². The second-order valence-electron chi connectivity index (χ2n) is 5.26. The highest BCUT2D eigenvalue weighted by Gasteiger charge is 2.23. The molecule has 0 bridgehead atoms. The maximum Gasteiger partial charge on any atom is 0.0886 e. The highest BCUT2D eigenvalue weighted by Crippen LogP contribution is 2.32. The van der Waals surface area contributed by atoms with E-state index in [4.69, 9.17) is 4.74 Å². The molecule has 0 aliphatic carbocycles. The maximum absolute atomic E-state index is 5.95. The second kappa shape index (κ2) is 8.05. The van der Waals surface area contributed by atoms with E-state index in [9.17, 15) is 0 Å². The van der Waals surface area contributed by atoms with Gasteiger partial charge >= 0.3 is 0 Å². The lowest BCUT2D eigenvalue weighted by Gasteiger charge is -2.10. The van der Waals surface area contributed by atoms with Crippen LogP contribution in [0.4, 0.5) is 0 Å².